The summed E-state index contributed by atoms with van der Waals surface area (Å²) in [6.45, 7) is 1.94. The summed E-state index contributed by atoms with van der Waals surface area (Å²) in [5, 5.41) is 0.937. The predicted octanol–water partition coefficient (Wildman–Crippen LogP) is 5.87. The molecule has 0 radical (unpaired) electrons. The summed E-state index contributed by atoms with van der Waals surface area (Å²) in [6.07, 6.45) is 0. The van der Waals surface area contributed by atoms with Crippen LogP contribution in [0, 0.1) is 12.7 Å². The van der Waals surface area contributed by atoms with Gasteiger partial charge in [0.25, 0.3) is 0 Å². The third kappa shape index (κ3) is 2.49. The van der Waals surface area contributed by atoms with E-state index in [4.69, 9.17) is 23.2 Å². The molecular formula is C13H8BrCl2F. The molecule has 0 nitrogen and oxygen atoms in total. The molecule has 0 fully saturated rings. The molecule has 2 rings (SSSR count). The van der Waals surface area contributed by atoms with Gasteiger partial charge in [0.1, 0.15) is 5.82 Å². The summed E-state index contributed by atoms with van der Waals surface area (Å²) in [5.41, 5.74) is 2.54. The van der Waals surface area contributed by atoms with Gasteiger partial charge in [-0.05, 0) is 46.6 Å². The van der Waals surface area contributed by atoms with Crippen molar-refractivity contribution in [1.82, 2.24) is 0 Å². The molecule has 0 aromatic heterocycles. The Morgan fingerprint density at radius 1 is 1.06 bits per heavy atom. The molecule has 2 aromatic carbocycles. The van der Waals surface area contributed by atoms with E-state index >= 15 is 0 Å². The smallest absolute Gasteiger partial charge is 0.125 e. The third-order valence-corrected chi connectivity index (χ3v) is 3.72. The number of aryl methyl sites for hydroxylation is 1. The number of hydrogen-bond donors (Lipinski definition) is 0. The van der Waals surface area contributed by atoms with Crippen LogP contribution in [-0.2, 0) is 0 Å². The van der Waals surface area contributed by atoms with Gasteiger partial charge in [-0.1, -0.05) is 35.3 Å². The monoisotopic (exact) mass is 332 g/mol. The molecule has 88 valence electrons. The van der Waals surface area contributed by atoms with Gasteiger partial charge in [0, 0.05) is 20.6 Å². The van der Waals surface area contributed by atoms with Crippen molar-refractivity contribution in [3.05, 3.63) is 56.2 Å². The molecule has 17 heavy (non-hydrogen) atoms. The third-order valence-electron chi connectivity index (χ3n) is 2.48. The first kappa shape index (κ1) is 12.9. The lowest BCUT2D eigenvalue weighted by molar-refractivity contribution is 0.627. The zero-order valence-corrected chi connectivity index (χ0v) is 12.0. The van der Waals surface area contributed by atoms with Crippen LogP contribution in [0.25, 0.3) is 11.1 Å². The van der Waals surface area contributed by atoms with E-state index in [9.17, 15) is 4.39 Å². The highest BCUT2D eigenvalue weighted by atomic mass is 79.9. The first-order valence-corrected chi connectivity index (χ1v) is 6.45. The lowest BCUT2D eigenvalue weighted by Crippen LogP contribution is -1.89. The maximum Gasteiger partial charge on any atom is 0.125 e. The molecule has 4 heteroatoms. The number of benzene rings is 2. The van der Waals surface area contributed by atoms with Gasteiger partial charge in [0.2, 0.25) is 0 Å². The quantitative estimate of drug-likeness (QED) is 0.612. The molecule has 0 atom stereocenters. The van der Waals surface area contributed by atoms with E-state index in [1.165, 1.54) is 12.1 Å². The van der Waals surface area contributed by atoms with Crippen molar-refractivity contribution >= 4 is 39.1 Å². The maximum atomic E-state index is 13.2. The van der Waals surface area contributed by atoms with E-state index in [0.29, 0.717) is 14.5 Å². The van der Waals surface area contributed by atoms with Crippen LogP contribution in [0.5, 0.6) is 0 Å². The van der Waals surface area contributed by atoms with Crippen LogP contribution in [0.2, 0.25) is 10.0 Å². The summed E-state index contributed by atoms with van der Waals surface area (Å²) >= 11 is 15.6. The fourth-order valence-corrected chi connectivity index (χ4v) is 3.09. The van der Waals surface area contributed by atoms with Gasteiger partial charge < -0.3 is 0 Å². The molecule has 0 N–H and O–H groups in total. The Kier molecular flexibility index (Phi) is 3.76. The average Bonchev–Trinajstić information content (AvgIpc) is 2.21. The maximum absolute atomic E-state index is 13.2. The van der Waals surface area contributed by atoms with Crippen molar-refractivity contribution in [2.45, 2.75) is 6.92 Å². The molecule has 0 saturated carbocycles. The average molecular weight is 334 g/mol. The van der Waals surface area contributed by atoms with Gasteiger partial charge in [-0.3, -0.25) is 0 Å². The first-order valence-electron chi connectivity index (χ1n) is 4.90. The van der Waals surface area contributed by atoms with Gasteiger partial charge >= 0.3 is 0 Å². The highest BCUT2D eigenvalue weighted by Gasteiger charge is 2.15. The van der Waals surface area contributed by atoms with Crippen LogP contribution in [0.15, 0.2) is 34.8 Å². The summed E-state index contributed by atoms with van der Waals surface area (Å²) in [6, 6.07) is 8.25. The van der Waals surface area contributed by atoms with Crippen molar-refractivity contribution in [2.24, 2.45) is 0 Å². The lowest BCUT2D eigenvalue weighted by atomic mass is 10.0. The molecular weight excluding hydrogens is 326 g/mol. The van der Waals surface area contributed by atoms with E-state index in [1.54, 1.807) is 6.07 Å². The molecule has 0 aliphatic rings. The minimum atomic E-state index is -0.379. The summed E-state index contributed by atoms with van der Waals surface area (Å²) in [5.74, 6) is -0.379. The second kappa shape index (κ2) is 4.97. The Morgan fingerprint density at radius 3 is 2.35 bits per heavy atom. The van der Waals surface area contributed by atoms with Crippen molar-refractivity contribution in [3.8, 4) is 11.1 Å². The van der Waals surface area contributed by atoms with E-state index in [0.717, 1.165) is 16.7 Å². The molecule has 0 heterocycles. The van der Waals surface area contributed by atoms with E-state index in [2.05, 4.69) is 15.9 Å². The van der Waals surface area contributed by atoms with Gasteiger partial charge in [0.05, 0.1) is 5.02 Å². The van der Waals surface area contributed by atoms with Crippen LogP contribution in [0.3, 0.4) is 0 Å². The standard InChI is InChI=1S/C13H8BrCl2F/c1-7-3-2-4-10(15)12(7)13-9(14)5-8(17)6-11(13)16/h2-6H,1H3. The van der Waals surface area contributed by atoms with Crippen molar-refractivity contribution in [1.29, 1.82) is 0 Å². The van der Waals surface area contributed by atoms with Crippen LogP contribution in [0.1, 0.15) is 5.56 Å². The first-order chi connectivity index (χ1) is 8.00. The highest BCUT2D eigenvalue weighted by molar-refractivity contribution is 9.10. The molecule has 2 aromatic rings. The van der Waals surface area contributed by atoms with Gasteiger partial charge in [0.15, 0.2) is 0 Å². The Balaban J connectivity index is 2.77. The van der Waals surface area contributed by atoms with Crippen molar-refractivity contribution in [3.63, 3.8) is 0 Å². The fraction of sp³-hybridized carbons (Fsp3) is 0.0769. The number of halogens is 4. The zero-order chi connectivity index (χ0) is 12.6. The normalized spacial score (nSPS) is 10.6. The Hall–Kier alpha value is -0.570. The second-order valence-electron chi connectivity index (χ2n) is 3.68. The summed E-state index contributed by atoms with van der Waals surface area (Å²) < 4.78 is 13.8. The van der Waals surface area contributed by atoms with E-state index < -0.39 is 0 Å². The van der Waals surface area contributed by atoms with Crippen LogP contribution >= 0.6 is 39.1 Å². The van der Waals surface area contributed by atoms with Crippen LogP contribution < -0.4 is 0 Å². The predicted molar refractivity (Wildman–Crippen MR) is 74.3 cm³/mol. The minimum Gasteiger partial charge on any atom is -0.207 e. The molecule has 0 amide bonds. The van der Waals surface area contributed by atoms with Crippen molar-refractivity contribution < 1.29 is 4.39 Å². The molecule has 0 aliphatic heterocycles. The molecule has 0 bridgehead atoms. The largest absolute Gasteiger partial charge is 0.207 e. The van der Waals surface area contributed by atoms with Gasteiger partial charge in [-0.2, -0.15) is 0 Å². The zero-order valence-electron chi connectivity index (χ0n) is 8.90. The van der Waals surface area contributed by atoms with Crippen molar-refractivity contribution in [2.75, 3.05) is 0 Å². The highest BCUT2D eigenvalue weighted by Crippen LogP contribution is 2.40. The second-order valence-corrected chi connectivity index (χ2v) is 5.34. The lowest BCUT2D eigenvalue weighted by Gasteiger charge is -2.12. The molecule has 0 saturated heterocycles. The Bertz CT molecular complexity index is 538. The number of hydrogen-bond acceptors (Lipinski definition) is 0. The van der Waals surface area contributed by atoms with Crippen LogP contribution in [0.4, 0.5) is 4.39 Å². The number of rotatable bonds is 1. The molecule has 0 spiro atoms. The minimum absolute atomic E-state index is 0.341. The van der Waals surface area contributed by atoms with Gasteiger partial charge in [-0.15, -0.1) is 0 Å². The molecule has 0 unspecified atom stereocenters. The van der Waals surface area contributed by atoms with Gasteiger partial charge in [-0.25, -0.2) is 4.39 Å². The van der Waals surface area contributed by atoms with E-state index in [1.807, 2.05) is 19.1 Å². The Morgan fingerprint density at radius 2 is 1.76 bits per heavy atom. The van der Waals surface area contributed by atoms with E-state index in [-0.39, 0.29) is 5.82 Å². The fourth-order valence-electron chi connectivity index (χ4n) is 1.73. The molecule has 0 aliphatic carbocycles. The SMILES string of the molecule is Cc1cccc(Cl)c1-c1c(Cl)cc(F)cc1Br. The Labute approximate surface area is 117 Å². The summed E-state index contributed by atoms with van der Waals surface area (Å²) in [7, 11) is 0. The summed E-state index contributed by atoms with van der Waals surface area (Å²) in [4.78, 5) is 0. The topological polar surface area (TPSA) is 0 Å². The van der Waals surface area contributed by atoms with Crippen LogP contribution in [-0.4, -0.2) is 0 Å².